The maximum absolute atomic E-state index is 11.9. The van der Waals surface area contributed by atoms with Crippen LogP contribution < -0.4 is 10.0 Å². The zero-order chi connectivity index (χ0) is 15.5. The summed E-state index contributed by atoms with van der Waals surface area (Å²) in [5.41, 5.74) is 1.20. The number of sulfonamides is 1. The molecule has 21 heavy (non-hydrogen) atoms. The zero-order valence-electron chi connectivity index (χ0n) is 13.0. The molecule has 5 nitrogen and oxygen atoms in total. The SMILES string of the molecule is CCNS(=O)(=O)c1ccc(NCC2(N(C)C)CCC2)cc1. The monoisotopic (exact) mass is 311 g/mol. The van der Waals surface area contributed by atoms with Gasteiger partial charge in [0, 0.05) is 24.3 Å². The lowest BCUT2D eigenvalue weighted by atomic mass is 9.75. The highest BCUT2D eigenvalue weighted by atomic mass is 32.2. The predicted octanol–water partition coefficient (Wildman–Crippen LogP) is 1.88. The first-order valence-electron chi connectivity index (χ1n) is 7.41. The number of anilines is 1. The van der Waals surface area contributed by atoms with Crippen molar-refractivity contribution < 1.29 is 8.42 Å². The number of benzene rings is 1. The van der Waals surface area contributed by atoms with Crippen molar-refractivity contribution in [3.63, 3.8) is 0 Å². The Morgan fingerprint density at radius 2 is 1.81 bits per heavy atom. The molecule has 0 aromatic heterocycles. The van der Waals surface area contributed by atoms with E-state index in [0.717, 1.165) is 12.2 Å². The van der Waals surface area contributed by atoms with Gasteiger partial charge in [0.15, 0.2) is 0 Å². The highest BCUT2D eigenvalue weighted by molar-refractivity contribution is 7.89. The summed E-state index contributed by atoms with van der Waals surface area (Å²) in [5.74, 6) is 0. The first-order valence-corrected chi connectivity index (χ1v) is 8.89. The first kappa shape index (κ1) is 16.3. The maximum Gasteiger partial charge on any atom is 0.240 e. The molecule has 0 atom stereocenters. The van der Waals surface area contributed by atoms with Gasteiger partial charge in [-0.25, -0.2) is 13.1 Å². The topological polar surface area (TPSA) is 61.4 Å². The minimum absolute atomic E-state index is 0.245. The number of nitrogens with zero attached hydrogens (tertiary/aromatic N) is 1. The Bertz CT molecular complexity index is 563. The van der Waals surface area contributed by atoms with Crippen molar-refractivity contribution in [3.05, 3.63) is 24.3 Å². The molecule has 0 saturated heterocycles. The van der Waals surface area contributed by atoms with Crippen LogP contribution in [-0.4, -0.2) is 46.0 Å². The molecule has 2 N–H and O–H groups in total. The lowest BCUT2D eigenvalue weighted by molar-refractivity contribution is 0.0739. The van der Waals surface area contributed by atoms with E-state index in [2.05, 4.69) is 29.0 Å². The van der Waals surface area contributed by atoms with Crippen LogP contribution in [0.15, 0.2) is 29.2 Å². The largest absolute Gasteiger partial charge is 0.383 e. The van der Waals surface area contributed by atoms with Crippen molar-refractivity contribution in [2.75, 3.05) is 32.5 Å². The highest BCUT2D eigenvalue weighted by Gasteiger charge is 2.38. The van der Waals surface area contributed by atoms with Crippen LogP contribution >= 0.6 is 0 Å². The van der Waals surface area contributed by atoms with Crippen LogP contribution in [0, 0.1) is 0 Å². The lowest BCUT2D eigenvalue weighted by Gasteiger charge is -2.47. The van der Waals surface area contributed by atoms with Crippen LogP contribution in [-0.2, 0) is 10.0 Å². The second-order valence-electron chi connectivity index (χ2n) is 5.85. The van der Waals surface area contributed by atoms with E-state index < -0.39 is 10.0 Å². The summed E-state index contributed by atoms with van der Waals surface area (Å²) >= 11 is 0. The van der Waals surface area contributed by atoms with E-state index in [0.29, 0.717) is 11.4 Å². The molecule has 0 unspecified atom stereocenters. The summed E-state index contributed by atoms with van der Waals surface area (Å²) in [7, 11) is 0.873. The van der Waals surface area contributed by atoms with Gasteiger partial charge in [-0.1, -0.05) is 6.92 Å². The Kier molecular flexibility index (Phi) is 4.91. The van der Waals surface area contributed by atoms with Crippen LogP contribution in [0.5, 0.6) is 0 Å². The van der Waals surface area contributed by atoms with Crippen molar-refractivity contribution in [2.45, 2.75) is 36.6 Å². The third-order valence-corrected chi connectivity index (χ3v) is 5.91. The van der Waals surface area contributed by atoms with Crippen molar-refractivity contribution in [2.24, 2.45) is 0 Å². The third-order valence-electron chi connectivity index (χ3n) is 4.35. The normalized spacial score (nSPS) is 17.5. The summed E-state index contributed by atoms with van der Waals surface area (Å²) in [6.07, 6.45) is 3.69. The molecule has 6 heteroatoms. The number of nitrogens with one attached hydrogen (secondary N) is 2. The molecule has 1 aliphatic carbocycles. The fourth-order valence-electron chi connectivity index (χ4n) is 2.66. The average Bonchev–Trinajstić information content (AvgIpc) is 2.37. The standard InChI is InChI=1S/C15H25N3O2S/c1-4-17-21(19,20)14-8-6-13(7-9-14)16-12-15(18(2)3)10-5-11-15/h6-9,16-17H,4-5,10-12H2,1-3H3. The summed E-state index contributed by atoms with van der Waals surface area (Å²) in [6.45, 7) is 3.06. The van der Waals surface area contributed by atoms with E-state index in [1.165, 1.54) is 19.3 Å². The molecule has 0 radical (unpaired) electrons. The molecule has 118 valence electrons. The first-order chi connectivity index (χ1) is 9.89. The Morgan fingerprint density at radius 3 is 2.24 bits per heavy atom. The molecule has 0 bridgehead atoms. The molecule has 1 aliphatic rings. The molecule has 1 fully saturated rings. The molecule has 0 amide bonds. The Hall–Kier alpha value is -1.11. The molecule has 1 aromatic carbocycles. The maximum atomic E-state index is 11.9. The quantitative estimate of drug-likeness (QED) is 0.807. The Morgan fingerprint density at radius 1 is 1.19 bits per heavy atom. The van der Waals surface area contributed by atoms with Gasteiger partial charge in [-0.2, -0.15) is 0 Å². The van der Waals surface area contributed by atoms with E-state index >= 15 is 0 Å². The van der Waals surface area contributed by atoms with Crippen LogP contribution in [0.4, 0.5) is 5.69 Å². The third kappa shape index (κ3) is 3.56. The highest BCUT2D eigenvalue weighted by Crippen LogP contribution is 2.36. The van der Waals surface area contributed by atoms with Crippen molar-refractivity contribution in [1.29, 1.82) is 0 Å². The molecule has 0 aliphatic heterocycles. The van der Waals surface area contributed by atoms with E-state index in [9.17, 15) is 8.42 Å². The fourth-order valence-corrected chi connectivity index (χ4v) is 3.70. The van der Waals surface area contributed by atoms with Crippen LogP contribution in [0.1, 0.15) is 26.2 Å². The lowest BCUT2D eigenvalue weighted by Crippen LogP contribution is -2.54. The van der Waals surface area contributed by atoms with Gasteiger partial charge in [-0.15, -0.1) is 0 Å². The molecule has 0 heterocycles. The summed E-state index contributed by atoms with van der Waals surface area (Å²) < 4.78 is 26.2. The van der Waals surface area contributed by atoms with Gasteiger partial charge < -0.3 is 10.2 Å². The van der Waals surface area contributed by atoms with Crippen LogP contribution in [0.3, 0.4) is 0 Å². The molecular weight excluding hydrogens is 286 g/mol. The van der Waals surface area contributed by atoms with Gasteiger partial charge in [-0.3, -0.25) is 0 Å². The van der Waals surface area contributed by atoms with Crippen molar-refractivity contribution in [3.8, 4) is 0 Å². The van der Waals surface area contributed by atoms with Gasteiger partial charge in [0.2, 0.25) is 10.0 Å². The molecular formula is C15H25N3O2S. The molecule has 0 spiro atoms. The summed E-state index contributed by atoms with van der Waals surface area (Å²) in [4.78, 5) is 2.59. The minimum Gasteiger partial charge on any atom is -0.383 e. The smallest absolute Gasteiger partial charge is 0.240 e. The summed E-state index contributed by atoms with van der Waals surface area (Å²) in [6, 6.07) is 6.94. The number of hydrogen-bond donors (Lipinski definition) is 2. The van der Waals surface area contributed by atoms with E-state index in [-0.39, 0.29) is 5.54 Å². The number of likely N-dealkylation sites (N-methyl/N-ethyl adjacent to an activating group) is 1. The van der Waals surface area contributed by atoms with Gasteiger partial charge >= 0.3 is 0 Å². The van der Waals surface area contributed by atoms with Gasteiger partial charge in [0.25, 0.3) is 0 Å². The van der Waals surface area contributed by atoms with E-state index in [1.54, 1.807) is 19.1 Å². The Balaban J connectivity index is 2.00. The fraction of sp³-hybridized carbons (Fsp3) is 0.600. The minimum atomic E-state index is -3.36. The van der Waals surface area contributed by atoms with E-state index in [4.69, 9.17) is 0 Å². The molecule has 1 aromatic rings. The zero-order valence-corrected chi connectivity index (χ0v) is 13.8. The van der Waals surface area contributed by atoms with Crippen molar-refractivity contribution >= 4 is 15.7 Å². The van der Waals surface area contributed by atoms with Gasteiger partial charge in [-0.05, 0) is 57.6 Å². The summed E-state index contributed by atoms with van der Waals surface area (Å²) in [5, 5.41) is 3.42. The van der Waals surface area contributed by atoms with E-state index in [1.807, 2.05) is 12.1 Å². The predicted molar refractivity (Wildman–Crippen MR) is 86.1 cm³/mol. The number of rotatable bonds is 7. The van der Waals surface area contributed by atoms with Crippen molar-refractivity contribution in [1.82, 2.24) is 9.62 Å². The Labute approximate surface area is 127 Å². The number of hydrogen-bond acceptors (Lipinski definition) is 4. The second kappa shape index (κ2) is 6.34. The second-order valence-corrected chi connectivity index (χ2v) is 7.62. The van der Waals surface area contributed by atoms with Gasteiger partial charge in [0.1, 0.15) is 0 Å². The molecule has 2 rings (SSSR count). The van der Waals surface area contributed by atoms with Gasteiger partial charge in [0.05, 0.1) is 4.90 Å². The van der Waals surface area contributed by atoms with Crippen LogP contribution in [0.2, 0.25) is 0 Å². The average molecular weight is 311 g/mol. The van der Waals surface area contributed by atoms with Crippen LogP contribution in [0.25, 0.3) is 0 Å². The molecule has 1 saturated carbocycles.